The second-order valence-corrected chi connectivity index (χ2v) is 8.79. The van der Waals surface area contributed by atoms with E-state index in [1.165, 1.54) is 0 Å². The molecule has 3 aromatic heterocycles. The monoisotopic (exact) mass is 455 g/mol. The molecule has 0 unspecified atom stereocenters. The Morgan fingerprint density at radius 2 is 1.74 bits per heavy atom. The number of anilines is 1. The van der Waals surface area contributed by atoms with Crippen molar-refractivity contribution in [1.29, 1.82) is 0 Å². The van der Waals surface area contributed by atoms with Crippen LogP contribution in [0.15, 0.2) is 73.2 Å². The van der Waals surface area contributed by atoms with E-state index in [0.717, 1.165) is 33.1 Å². The van der Waals surface area contributed by atoms with Crippen LogP contribution in [0.4, 0.5) is 10.6 Å². The molecule has 5 aromatic rings. The first-order chi connectivity index (χ1) is 16.3. The number of hydrogen-bond acceptors (Lipinski definition) is 5. The van der Waals surface area contributed by atoms with Gasteiger partial charge in [-0.15, -0.1) is 0 Å². The van der Waals surface area contributed by atoms with Crippen molar-refractivity contribution in [3.63, 3.8) is 0 Å². The van der Waals surface area contributed by atoms with Gasteiger partial charge in [-0.25, -0.2) is 14.5 Å². The van der Waals surface area contributed by atoms with E-state index in [1.807, 2.05) is 66.5 Å². The summed E-state index contributed by atoms with van der Waals surface area (Å²) in [6.07, 6.45) is 5.23. The quantitative estimate of drug-likeness (QED) is 0.372. The molecule has 0 aliphatic carbocycles. The average Bonchev–Trinajstić information content (AvgIpc) is 3.40. The minimum Gasteiger partial charge on any atom is -0.388 e. The maximum atomic E-state index is 12.7. The van der Waals surface area contributed by atoms with Crippen LogP contribution in [-0.2, 0) is 7.05 Å². The lowest BCUT2D eigenvalue weighted by molar-refractivity contribution is 0.0415. The summed E-state index contributed by atoms with van der Waals surface area (Å²) in [7, 11) is 1.90. The highest BCUT2D eigenvalue weighted by molar-refractivity contribution is 5.91. The Morgan fingerprint density at radius 3 is 2.50 bits per heavy atom. The standard InChI is InChI=1S/C25H25N7O2/c1-25(2,34)23(16-7-5-4-6-8-16)30-24(33)29-22-11-18-14-28-32(21(18)15-26-22)19-10-9-17-13-27-31(3)20(17)12-19/h4-15,23,34H,1-3H3,(H2,26,29,30,33)/t23-/m0/s1. The third-order valence-corrected chi connectivity index (χ3v) is 5.79. The molecular weight excluding hydrogens is 430 g/mol. The summed E-state index contributed by atoms with van der Waals surface area (Å²) in [4.78, 5) is 17.1. The predicted molar refractivity (Wildman–Crippen MR) is 131 cm³/mol. The van der Waals surface area contributed by atoms with Crippen LogP contribution in [0, 0.1) is 0 Å². The molecule has 3 N–H and O–H groups in total. The number of aryl methyl sites for hydroxylation is 1. The molecule has 172 valence electrons. The molecule has 2 amide bonds. The maximum absolute atomic E-state index is 12.7. The van der Waals surface area contributed by atoms with Crippen LogP contribution in [0.5, 0.6) is 0 Å². The summed E-state index contributed by atoms with van der Waals surface area (Å²) < 4.78 is 3.62. The molecule has 0 radical (unpaired) electrons. The fourth-order valence-electron chi connectivity index (χ4n) is 4.06. The van der Waals surface area contributed by atoms with Gasteiger partial charge >= 0.3 is 6.03 Å². The molecular formula is C25H25N7O2. The molecule has 9 heteroatoms. The van der Waals surface area contributed by atoms with E-state index < -0.39 is 17.7 Å². The Kier molecular flexibility index (Phi) is 5.25. The lowest BCUT2D eigenvalue weighted by Crippen LogP contribution is -2.43. The van der Waals surface area contributed by atoms with Gasteiger partial charge in [0.25, 0.3) is 0 Å². The Bertz CT molecular complexity index is 1480. The molecule has 3 heterocycles. The lowest BCUT2D eigenvalue weighted by Gasteiger charge is -2.30. The van der Waals surface area contributed by atoms with Gasteiger partial charge in [0.15, 0.2) is 0 Å². The van der Waals surface area contributed by atoms with Crippen molar-refractivity contribution < 1.29 is 9.90 Å². The number of nitrogens with one attached hydrogen (secondary N) is 2. The Hall–Kier alpha value is -4.24. The zero-order chi connectivity index (χ0) is 23.9. The fraction of sp³-hybridized carbons (Fsp3) is 0.200. The average molecular weight is 456 g/mol. The Morgan fingerprint density at radius 1 is 0.971 bits per heavy atom. The van der Waals surface area contributed by atoms with E-state index in [-0.39, 0.29) is 0 Å². The highest BCUT2D eigenvalue weighted by Gasteiger charge is 2.30. The van der Waals surface area contributed by atoms with E-state index in [1.54, 1.807) is 37.0 Å². The number of carbonyl (C=O) groups excluding carboxylic acids is 1. The van der Waals surface area contributed by atoms with Crippen molar-refractivity contribution in [3.05, 3.63) is 78.8 Å². The lowest BCUT2D eigenvalue weighted by atomic mass is 9.92. The summed E-state index contributed by atoms with van der Waals surface area (Å²) in [6, 6.07) is 16.1. The highest BCUT2D eigenvalue weighted by Crippen LogP contribution is 2.26. The Balaban J connectivity index is 1.37. The maximum Gasteiger partial charge on any atom is 0.320 e. The molecule has 0 aliphatic rings. The molecule has 0 aliphatic heterocycles. The first-order valence-corrected chi connectivity index (χ1v) is 10.9. The number of rotatable bonds is 5. The van der Waals surface area contributed by atoms with E-state index in [0.29, 0.717) is 5.82 Å². The third kappa shape index (κ3) is 4.08. The molecule has 0 saturated carbocycles. The number of fused-ring (bicyclic) bond motifs is 2. The predicted octanol–water partition coefficient (Wildman–Crippen LogP) is 3.94. The van der Waals surface area contributed by atoms with Gasteiger partial charge in [-0.05, 0) is 43.7 Å². The normalized spacial score (nSPS) is 12.7. The number of hydrogen-bond donors (Lipinski definition) is 3. The molecule has 5 rings (SSSR count). The molecule has 34 heavy (non-hydrogen) atoms. The number of aromatic nitrogens is 5. The molecule has 1 atom stereocenters. The van der Waals surface area contributed by atoms with Crippen LogP contribution in [0.1, 0.15) is 25.5 Å². The number of pyridine rings is 1. The van der Waals surface area contributed by atoms with Crippen molar-refractivity contribution in [1.82, 2.24) is 29.9 Å². The highest BCUT2D eigenvalue weighted by atomic mass is 16.3. The van der Waals surface area contributed by atoms with Crippen LogP contribution in [-0.4, -0.2) is 41.3 Å². The first-order valence-electron chi connectivity index (χ1n) is 10.9. The van der Waals surface area contributed by atoms with Crippen LogP contribution in [0.3, 0.4) is 0 Å². The summed E-state index contributed by atoms with van der Waals surface area (Å²) in [5.41, 5.74) is 2.35. The van der Waals surface area contributed by atoms with Gasteiger partial charge in [0.1, 0.15) is 5.82 Å². The molecule has 2 aromatic carbocycles. The topological polar surface area (TPSA) is 110 Å². The van der Waals surface area contributed by atoms with Crippen LogP contribution >= 0.6 is 0 Å². The minimum absolute atomic E-state index is 0.384. The van der Waals surface area contributed by atoms with Crippen molar-refractivity contribution in [2.45, 2.75) is 25.5 Å². The SMILES string of the molecule is Cn1ncc2ccc(-n3ncc4cc(NC(=O)N[C@@H](c5ccccc5)C(C)(C)O)ncc43)cc21. The van der Waals surface area contributed by atoms with E-state index in [9.17, 15) is 9.90 Å². The second kappa shape index (κ2) is 8.27. The minimum atomic E-state index is -1.16. The van der Waals surface area contributed by atoms with Gasteiger partial charge in [-0.2, -0.15) is 10.2 Å². The van der Waals surface area contributed by atoms with Gasteiger partial charge in [0, 0.05) is 17.8 Å². The van der Waals surface area contributed by atoms with Crippen molar-refractivity contribution in [3.8, 4) is 5.69 Å². The number of aliphatic hydroxyl groups is 1. The molecule has 0 saturated heterocycles. The van der Waals surface area contributed by atoms with Gasteiger partial charge in [-0.3, -0.25) is 10.00 Å². The number of amides is 2. The summed E-state index contributed by atoms with van der Waals surface area (Å²) >= 11 is 0. The molecule has 9 nitrogen and oxygen atoms in total. The smallest absolute Gasteiger partial charge is 0.320 e. The van der Waals surface area contributed by atoms with Gasteiger partial charge in [0.05, 0.1) is 47.0 Å². The van der Waals surface area contributed by atoms with Crippen LogP contribution < -0.4 is 10.6 Å². The largest absolute Gasteiger partial charge is 0.388 e. The zero-order valence-electron chi connectivity index (χ0n) is 19.1. The van der Waals surface area contributed by atoms with Crippen LogP contribution in [0.25, 0.3) is 27.5 Å². The fourth-order valence-corrected chi connectivity index (χ4v) is 4.06. The number of urea groups is 1. The number of nitrogens with zero attached hydrogens (tertiary/aromatic N) is 5. The molecule has 0 spiro atoms. The van der Waals surface area contributed by atoms with Crippen LogP contribution in [0.2, 0.25) is 0 Å². The summed E-state index contributed by atoms with van der Waals surface area (Å²) in [5, 5.41) is 26.9. The van der Waals surface area contributed by atoms with Gasteiger partial charge in [0.2, 0.25) is 0 Å². The van der Waals surface area contributed by atoms with Gasteiger partial charge < -0.3 is 10.4 Å². The van der Waals surface area contributed by atoms with Crippen molar-refractivity contribution in [2.24, 2.45) is 7.05 Å². The first kappa shape index (κ1) is 21.6. The zero-order valence-corrected chi connectivity index (χ0v) is 19.1. The summed E-state index contributed by atoms with van der Waals surface area (Å²) in [6.45, 7) is 3.32. The van der Waals surface area contributed by atoms with Crippen molar-refractivity contribution in [2.75, 3.05) is 5.32 Å². The number of benzene rings is 2. The van der Waals surface area contributed by atoms with Crippen molar-refractivity contribution >= 4 is 33.7 Å². The molecule has 0 fully saturated rings. The van der Waals surface area contributed by atoms with E-state index in [4.69, 9.17) is 0 Å². The third-order valence-electron chi connectivity index (χ3n) is 5.79. The van der Waals surface area contributed by atoms with E-state index >= 15 is 0 Å². The summed E-state index contributed by atoms with van der Waals surface area (Å²) in [5.74, 6) is 0.384. The van der Waals surface area contributed by atoms with E-state index in [2.05, 4.69) is 25.8 Å². The second-order valence-electron chi connectivity index (χ2n) is 8.79. The molecule has 0 bridgehead atoms. The van der Waals surface area contributed by atoms with Gasteiger partial charge in [-0.1, -0.05) is 30.3 Å². The Labute approximate surface area is 196 Å². The number of carbonyl (C=O) groups is 1.